The van der Waals surface area contributed by atoms with Gasteiger partial charge in [0.15, 0.2) is 0 Å². The minimum Gasteiger partial charge on any atom is -0.481 e. The monoisotopic (exact) mass is 209 g/mol. The molecule has 0 amide bonds. The standard InChI is InChI=1S/C11H12FNO2/c12-9-3-1-2-7(4-9)10(11(14)15)8-5-13-6-8/h1-4,8,10,13H,5-6H2,(H,14,15). The second kappa shape index (κ2) is 3.98. The van der Waals surface area contributed by atoms with E-state index in [0.717, 1.165) is 0 Å². The number of nitrogens with one attached hydrogen (secondary N) is 1. The van der Waals surface area contributed by atoms with Gasteiger partial charge in [0.25, 0.3) is 0 Å². The number of hydrogen-bond donors (Lipinski definition) is 2. The van der Waals surface area contributed by atoms with Crippen molar-refractivity contribution < 1.29 is 14.3 Å². The first kappa shape index (κ1) is 10.1. The van der Waals surface area contributed by atoms with Crippen molar-refractivity contribution in [2.75, 3.05) is 13.1 Å². The second-order valence-corrected chi connectivity index (χ2v) is 3.79. The van der Waals surface area contributed by atoms with E-state index in [1.54, 1.807) is 12.1 Å². The van der Waals surface area contributed by atoms with Gasteiger partial charge in [-0.15, -0.1) is 0 Å². The molecule has 0 spiro atoms. The Morgan fingerprint density at radius 1 is 1.53 bits per heavy atom. The highest BCUT2D eigenvalue weighted by atomic mass is 19.1. The Bertz CT molecular complexity index is 377. The Kier molecular flexibility index (Phi) is 2.68. The Morgan fingerprint density at radius 2 is 2.27 bits per heavy atom. The molecule has 1 atom stereocenters. The number of carboxylic acid groups (broad SMARTS) is 1. The summed E-state index contributed by atoms with van der Waals surface area (Å²) in [5.41, 5.74) is 0.550. The van der Waals surface area contributed by atoms with Crippen molar-refractivity contribution in [1.29, 1.82) is 0 Å². The molecule has 2 rings (SSSR count). The molecule has 4 heteroatoms. The number of carbonyl (C=O) groups is 1. The van der Waals surface area contributed by atoms with Gasteiger partial charge in [0.2, 0.25) is 0 Å². The van der Waals surface area contributed by atoms with Crippen LogP contribution in [0.15, 0.2) is 24.3 Å². The maximum absolute atomic E-state index is 13.0. The third-order valence-electron chi connectivity index (χ3n) is 2.76. The van der Waals surface area contributed by atoms with E-state index in [4.69, 9.17) is 5.11 Å². The Morgan fingerprint density at radius 3 is 2.73 bits per heavy atom. The van der Waals surface area contributed by atoms with Gasteiger partial charge in [0, 0.05) is 19.0 Å². The highest BCUT2D eigenvalue weighted by molar-refractivity contribution is 5.76. The molecule has 1 aromatic rings. The molecule has 0 radical (unpaired) electrons. The minimum atomic E-state index is -0.882. The lowest BCUT2D eigenvalue weighted by molar-refractivity contribution is -0.140. The van der Waals surface area contributed by atoms with Gasteiger partial charge in [-0.2, -0.15) is 0 Å². The molecule has 15 heavy (non-hydrogen) atoms. The van der Waals surface area contributed by atoms with Gasteiger partial charge in [-0.05, 0) is 17.7 Å². The molecule has 1 saturated heterocycles. The zero-order valence-electron chi connectivity index (χ0n) is 8.11. The number of hydrogen-bond acceptors (Lipinski definition) is 2. The molecule has 1 aromatic carbocycles. The van der Waals surface area contributed by atoms with Crippen molar-refractivity contribution >= 4 is 5.97 Å². The van der Waals surface area contributed by atoms with E-state index in [9.17, 15) is 9.18 Å². The van der Waals surface area contributed by atoms with Crippen molar-refractivity contribution in [3.63, 3.8) is 0 Å². The maximum atomic E-state index is 13.0. The van der Waals surface area contributed by atoms with Crippen LogP contribution in [0.1, 0.15) is 11.5 Å². The van der Waals surface area contributed by atoms with Crippen LogP contribution >= 0.6 is 0 Å². The molecule has 0 saturated carbocycles. The lowest BCUT2D eigenvalue weighted by Gasteiger charge is -2.32. The third kappa shape index (κ3) is 1.99. The lowest BCUT2D eigenvalue weighted by Crippen LogP contribution is -2.47. The average molecular weight is 209 g/mol. The third-order valence-corrected chi connectivity index (χ3v) is 2.76. The van der Waals surface area contributed by atoms with E-state index in [2.05, 4.69) is 5.32 Å². The molecule has 80 valence electrons. The van der Waals surface area contributed by atoms with E-state index in [1.807, 2.05) is 0 Å². The molecule has 1 unspecified atom stereocenters. The van der Waals surface area contributed by atoms with Gasteiger partial charge >= 0.3 is 5.97 Å². The summed E-state index contributed by atoms with van der Waals surface area (Å²) >= 11 is 0. The predicted molar refractivity (Wildman–Crippen MR) is 53.1 cm³/mol. The smallest absolute Gasteiger partial charge is 0.311 e. The first-order valence-electron chi connectivity index (χ1n) is 4.87. The fourth-order valence-corrected chi connectivity index (χ4v) is 1.86. The lowest BCUT2D eigenvalue weighted by atomic mass is 9.82. The Balaban J connectivity index is 2.27. The van der Waals surface area contributed by atoms with Crippen molar-refractivity contribution in [3.8, 4) is 0 Å². The molecule has 1 aliphatic rings. The van der Waals surface area contributed by atoms with Gasteiger partial charge in [0.1, 0.15) is 5.82 Å². The van der Waals surface area contributed by atoms with Gasteiger partial charge in [-0.3, -0.25) is 4.79 Å². The van der Waals surface area contributed by atoms with Crippen molar-refractivity contribution in [3.05, 3.63) is 35.6 Å². The van der Waals surface area contributed by atoms with Crippen LogP contribution in [-0.4, -0.2) is 24.2 Å². The van der Waals surface area contributed by atoms with E-state index in [1.165, 1.54) is 12.1 Å². The molecule has 0 aliphatic carbocycles. The van der Waals surface area contributed by atoms with Crippen LogP contribution in [0, 0.1) is 11.7 Å². The van der Waals surface area contributed by atoms with Crippen molar-refractivity contribution in [1.82, 2.24) is 5.32 Å². The summed E-state index contributed by atoms with van der Waals surface area (Å²) in [6.45, 7) is 1.38. The Labute approximate surface area is 86.9 Å². The number of rotatable bonds is 3. The first-order chi connectivity index (χ1) is 7.18. The molecular formula is C11H12FNO2. The van der Waals surface area contributed by atoms with Gasteiger partial charge in [-0.1, -0.05) is 12.1 Å². The van der Waals surface area contributed by atoms with Crippen molar-refractivity contribution in [2.45, 2.75) is 5.92 Å². The molecule has 0 aromatic heterocycles. The fourth-order valence-electron chi connectivity index (χ4n) is 1.86. The number of halogens is 1. The highest BCUT2D eigenvalue weighted by Crippen LogP contribution is 2.28. The van der Waals surface area contributed by atoms with E-state index >= 15 is 0 Å². The average Bonchev–Trinajstić information content (AvgIpc) is 2.10. The van der Waals surface area contributed by atoms with Crippen LogP contribution in [0.25, 0.3) is 0 Å². The molecule has 1 fully saturated rings. The SMILES string of the molecule is O=C(O)C(c1cccc(F)c1)C1CNC1. The summed E-state index contributed by atoms with van der Waals surface area (Å²) in [4.78, 5) is 11.1. The maximum Gasteiger partial charge on any atom is 0.311 e. The quantitative estimate of drug-likeness (QED) is 0.786. The molecule has 1 heterocycles. The van der Waals surface area contributed by atoms with Gasteiger partial charge in [0.05, 0.1) is 5.92 Å². The summed E-state index contributed by atoms with van der Waals surface area (Å²) in [6.07, 6.45) is 0. The van der Waals surface area contributed by atoms with Crippen LogP contribution in [0.2, 0.25) is 0 Å². The largest absolute Gasteiger partial charge is 0.481 e. The minimum absolute atomic E-state index is 0.0734. The topological polar surface area (TPSA) is 49.3 Å². The molecule has 1 aliphatic heterocycles. The Hall–Kier alpha value is -1.42. The molecular weight excluding hydrogens is 197 g/mol. The zero-order chi connectivity index (χ0) is 10.8. The molecule has 3 nitrogen and oxygen atoms in total. The molecule has 2 N–H and O–H groups in total. The van der Waals surface area contributed by atoms with Crippen LogP contribution < -0.4 is 5.32 Å². The normalized spacial score (nSPS) is 18.2. The first-order valence-corrected chi connectivity index (χ1v) is 4.87. The van der Waals surface area contributed by atoms with Gasteiger partial charge < -0.3 is 10.4 Å². The number of benzene rings is 1. The van der Waals surface area contributed by atoms with Crippen LogP contribution in [0.4, 0.5) is 4.39 Å². The second-order valence-electron chi connectivity index (χ2n) is 3.79. The zero-order valence-corrected chi connectivity index (χ0v) is 8.11. The summed E-state index contributed by atoms with van der Waals surface area (Å²) in [5, 5.41) is 12.1. The highest BCUT2D eigenvalue weighted by Gasteiger charge is 2.33. The molecule has 0 bridgehead atoms. The van der Waals surface area contributed by atoms with E-state index < -0.39 is 11.9 Å². The van der Waals surface area contributed by atoms with Crippen LogP contribution in [0.5, 0.6) is 0 Å². The van der Waals surface area contributed by atoms with Gasteiger partial charge in [-0.25, -0.2) is 4.39 Å². The van der Waals surface area contributed by atoms with Crippen molar-refractivity contribution in [2.24, 2.45) is 5.92 Å². The summed E-state index contributed by atoms with van der Waals surface area (Å²) in [6, 6.07) is 5.84. The number of carboxylic acids is 1. The summed E-state index contributed by atoms with van der Waals surface area (Å²) < 4.78 is 13.0. The van der Waals surface area contributed by atoms with Crippen LogP contribution in [-0.2, 0) is 4.79 Å². The van der Waals surface area contributed by atoms with Crippen LogP contribution in [0.3, 0.4) is 0 Å². The summed E-state index contributed by atoms with van der Waals surface area (Å²) in [7, 11) is 0. The van der Waals surface area contributed by atoms with E-state index in [-0.39, 0.29) is 11.7 Å². The fraction of sp³-hybridized carbons (Fsp3) is 0.364. The predicted octanol–water partition coefficient (Wildman–Crippen LogP) is 1.21. The summed E-state index contributed by atoms with van der Waals surface area (Å²) in [5.74, 6) is -1.79. The number of aliphatic carboxylic acids is 1. The van der Waals surface area contributed by atoms with E-state index in [0.29, 0.717) is 18.7 Å².